The summed E-state index contributed by atoms with van der Waals surface area (Å²) in [6.07, 6.45) is 1.71. The minimum absolute atomic E-state index is 0.0465. The van der Waals surface area contributed by atoms with Crippen LogP contribution in [0.5, 0.6) is 5.75 Å². The smallest absolute Gasteiger partial charge is 0.229 e. The lowest BCUT2D eigenvalue weighted by molar-refractivity contribution is 0.477. The lowest BCUT2D eigenvalue weighted by Gasteiger charge is -2.10. The van der Waals surface area contributed by atoms with Crippen LogP contribution >= 0.6 is 0 Å². The highest BCUT2D eigenvalue weighted by atomic mass is 32.2. The first-order valence-corrected chi connectivity index (χ1v) is 6.12. The molecule has 0 aromatic heterocycles. The summed E-state index contributed by atoms with van der Waals surface area (Å²) in [5, 5.41) is 9.46. The first-order valence-electron chi connectivity index (χ1n) is 4.22. The quantitative estimate of drug-likeness (QED) is 0.747. The molecule has 0 spiro atoms. The van der Waals surface area contributed by atoms with Gasteiger partial charge in [-0.15, -0.1) is 0 Å². The highest BCUT2D eigenvalue weighted by molar-refractivity contribution is 7.92. The Morgan fingerprint density at radius 2 is 2.07 bits per heavy atom. The summed E-state index contributed by atoms with van der Waals surface area (Å²) in [4.78, 5) is 0. The van der Waals surface area contributed by atoms with Gasteiger partial charge in [0.15, 0.2) is 0 Å². The number of para-hydroxylation sites is 1. The zero-order valence-corrected chi connectivity index (χ0v) is 8.93. The van der Waals surface area contributed by atoms with E-state index < -0.39 is 10.0 Å². The van der Waals surface area contributed by atoms with Crippen molar-refractivity contribution < 1.29 is 13.5 Å². The minimum Gasteiger partial charge on any atom is -0.506 e. The lowest BCUT2D eigenvalue weighted by atomic mass is 10.1. The maximum Gasteiger partial charge on any atom is 0.229 e. The Balaban J connectivity index is 3.18. The lowest BCUT2D eigenvalue weighted by Crippen LogP contribution is -2.11. The molecular formula is C9H13NO3S. The third-order valence-electron chi connectivity index (χ3n) is 1.80. The van der Waals surface area contributed by atoms with Crippen LogP contribution in [0.4, 0.5) is 5.69 Å². The molecule has 1 aromatic rings. The summed E-state index contributed by atoms with van der Waals surface area (Å²) >= 11 is 0. The fourth-order valence-electron chi connectivity index (χ4n) is 1.18. The van der Waals surface area contributed by atoms with E-state index in [0.717, 1.165) is 11.8 Å². The van der Waals surface area contributed by atoms with Gasteiger partial charge in [0.2, 0.25) is 10.0 Å². The number of nitrogens with one attached hydrogen (secondary N) is 1. The van der Waals surface area contributed by atoms with Crippen molar-refractivity contribution in [2.45, 2.75) is 13.3 Å². The highest BCUT2D eigenvalue weighted by Crippen LogP contribution is 2.28. The molecule has 0 atom stereocenters. The molecule has 1 rings (SSSR count). The van der Waals surface area contributed by atoms with Gasteiger partial charge in [-0.3, -0.25) is 4.72 Å². The maximum absolute atomic E-state index is 11.0. The summed E-state index contributed by atoms with van der Waals surface area (Å²) in [5.74, 6) is -0.0465. The number of sulfonamides is 1. The predicted octanol–water partition coefficient (Wildman–Crippen LogP) is 1.33. The Bertz CT molecular complexity index is 426. The molecular weight excluding hydrogens is 202 g/mol. The molecule has 14 heavy (non-hydrogen) atoms. The largest absolute Gasteiger partial charge is 0.506 e. The van der Waals surface area contributed by atoms with Crippen molar-refractivity contribution in [3.05, 3.63) is 23.8 Å². The number of hydrogen-bond acceptors (Lipinski definition) is 3. The SMILES string of the molecule is CCc1cccc(O)c1NS(C)(=O)=O. The van der Waals surface area contributed by atoms with Crippen LogP contribution in [0.15, 0.2) is 18.2 Å². The van der Waals surface area contributed by atoms with E-state index in [1.54, 1.807) is 12.1 Å². The number of phenolic OH excluding ortho intramolecular Hbond substituents is 1. The second-order valence-electron chi connectivity index (χ2n) is 3.04. The average molecular weight is 215 g/mol. The number of phenols is 1. The van der Waals surface area contributed by atoms with Crippen molar-refractivity contribution >= 4 is 15.7 Å². The predicted molar refractivity (Wildman–Crippen MR) is 56.0 cm³/mol. The van der Waals surface area contributed by atoms with Crippen molar-refractivity contribution in [3.63, 3.8) is 0 Å². The van der Waals surface area contributed by atoms with Crippen molar-refractivity contribution in [2.24, 2.45) is 0 Å². The molecule has 4 nitrogen and oxygen atoms in total. The van der Waals surface area contributed by atoms with Crippen molar-refractivity contribution in [1.29, 1.82) is 0 Å². The average Bonchev–Trinajstić information content (AvgIpc) is 2.06. The Hall–Kier alpha value is -1.23. The van der Waals surface area contributed by atoms with Gasteiger partial charge in [0, 0.05) is 0 Å². The number of rotatable bonds is 3. The molecule has 0 amide bonds. The summed E-state index contributed by atoms with van der Waals surface area (Å²) in [6, 6.07) is 4.90. The molecule has 1 aromatic carbocycles. The number of aryl methyl sites for hydroxylation is 1. The van der Waals surface area contributed by atoms with E-state index in [2.05, 4.69) is 4.72 Å². The molecule has 0 saturated heterocycles. The fourth-order valence-corrected chi connectivity index (χ4v) is 1.79. The van der Waals surface area contributed by atoms with Crippen LogP contribution in [-0.4, -0.2) is 19.8 Å². The van der Waals surface area contributed by atoms with Gasteiger partial charge in [-0.25, -0.2) is 8.42 Å². The zero-order valence-electron chi connectivity index (χ0n) is 8.11. The van der Waals surface area contributed by atoms with E-state index >= 15 is 0 Å². The van der Waals surface area contributed by atoms with Gasteiger partial charge >= 0.3 is 0 Å². The normalized spacial score (nSPS) is 11.3. The molecule has 0 aliphatic heterocycles. The van der Waals surface area contributed by atoms with Crippen LogP contribution in [-0.2, 0) is 16.4 Å². The molecule has 5 heteroatoms. The molecule has 0 radical (unpaired) electrons. The van der Waals surface area contributed by atoms with Gasteiger partial charge in [-0.2, -0.15) is 0 Å². The van der Waals surface area contributed by atoms with Crippen molar-refractivity contribution in [2.75, 3.05) is 11.0 Å². The van der Waals surface area contributed by atoms with Crippen LogP contribution in [0.25, 0.3) is 0 Å². The fraction of sp³-hybridized carbons (Fsp3) is 0.333. The van der Waals surface area contributed by atoms with Gasteiger partial charge in [-0.05, 0) is 18.1 Å². The first-order chi connectivity index (χ1) is 6.44. The second-order valence-corrected chi connectivity index (χ2v) is 4.79. The van der Waals surface area contributed by atoms with E-state index in [0.29, 0.717) is 6.42 Å². The van der Waals surface area contributed by atoms with E-state index in [-0.39, 0.29) is 11.4 Å². The third kappa shape index (κ3) is 2.63. The number of anilines is 1. The van der Waals surface area contributed by atoms with Crippen LogP contribution < -0.4 is 4.72 Å². The summed E-state index contributed by atoms with van der Waals surface area (Å²) < 4.78 is 24.3. The number of hydrogen-bond donors (Lipinski definition) is 2. The minimum atomic E-state index is -3.34. The molecule has 0 aliphatic rings. The highest BCUT2D eigenvalue weighted by Gasteiger charge is 2.10. The summed E-state index contributed by atoms with van der Waals surface area (Å²) in [5.41, 5.74) is 1.05. The Labute approximate surface area is 83.6 Å². The molecule has 2 N–H and O–H groups in total. The van der Waals surface area contributed by atoms with Gasteiger partial charge in [0.1, 0.15) is 5.75 Å². The Kier molecular flexibility index (Phi) is 3.00. The van der Waals surface area contributed by atoms with E-state index in [1.165, 1.54) is 6.07 Å². The summed E-state index contributed by atoms with van der Waals surface area (Å²) in [6.45, 7) is 1.89. The Morgan fingerprint density at radius 3 is 2.57 bits per heavy atom. The number of benzene rings is 1. The first kappa shape index (κ1) is 10.8. The van der Waals surface area contributed by atoms with Gasteiger partial charge in [0.25, 0.3) is 0 Å². The van der Waals surface area contributed by atoms with Gasteiger partial charge in [-0.1, -0.05) is 19.1 Å². The zero-order chi connectivity index (χ0) is 10.8. The monoisotopic (exact) mass is 215 g/mol. The van der Waals surface area contributed by atoms with E-state index in [1.807, 2.05) is 6.92 Å². The van der Waals surface area contributed by atoms with Gasteiger partial charge in [0.05, 0.1) is 11.9 Å². The van der Waals surface area contributed by atoms with Gasteiger partial charge < -0.3 is 5.11 Å². The molecule has 0 fully saturated rings. The molecule has 0 aliphatic carbocycles. The molecule has 0 bridgehead atoms. The molecule has 78 valence electrons. The topological polar surface area (TPSA) is 66.4 Å². The van der Waals surface area contributed by atoms with Crippen LogP contribution in [0.2, 0.25) is 0 Å². The summed E-state index contributed by atoms with van der Waals surface area (Å²) in [7, 11) is -3.34. The maximum atomic E-state index is 11.0. The molecule has 0 unspecified atom stereocenters. The Morgan fingerprint density at radius 1 is 1.43 bits per heavy atom. The van der Waals surface area contributed by atoms with Crippen LogP contribution in [0, 0.1) is 0 Å². The van der Waals surface area contributed by atoms with Crippen LogP contribution in [0.1, 0.15) is 12.5 Å². The number of aromatic hydroxyl groups is 1. The van der Waals surface area contributed by atoms with E-state index in [9.17, 15) is 13.5 Å². The van der Waals surface area contributed by atoms with E-state index in [4.69, 9.17) is 0 Å². The standard InChI is InChI=1S/C9H13NO3S/c1-3-7-5-4-6-8(11)9(7)10-14(2,12)13/h4-6,10-11H,3H2,1-2H3. The van der Waals surface area contributed by atoms with Crippen molar-refractivity contribution in [1.82, 2.24) is 0 Å². The second kappa shape index (κ2) is 3.88. The molecule has 0 heterocycles. The third-order valence-corrected chi connectivity index (χ3v) is 2.37. The molecule has 0 saturated carbocycles. The van der Waals surface area contributed by atoms with Crippen LogP contribution in [0.3, 0.4) is 0 Å². The van der Waals surface area contributed by atoms with Crippen molar-refractivity contribution in [3.8, 4) is 5.75 Å².